The van der Waals surface area contributed by atoms with E-state index in [1.165, 1.54) is 11.3 Å². The molecule has 1 N–H and O–H groups in total. The molecule has 2 saturated heterocycles. The number of amides is 1. The standard InChI is InChI=1S/C28H38BNO6/c1-26(2)18-13-21(26)28(4)22(14-18)35-29(36-28)12-8-11-27(3)19-15-20(19)30(23(27)24(31)32)25(33)34-16-17-9-6-5-7-10-17/h5-7,9-10,18-23H,8,11-16H2,1-4H3,(H,31,32)/t18-,19?,20?,21-,22?,23+,27+,28-/m0/s1. The molecule has 0 radical (unpaired) electrons. The predicted molar refractivity (Wildman–Crippen MR) is 134 cm³/mol. The first-order valence-corrected chi connectivity index (χ1v) is 13.6. The van der Waals surface area contributed by atoms with Crippen LogP contribution in [0.3, 0.4) is 0 Å². The van der Waals surface area contributed by atoms with Gasteiger partial charge < -0.3 is 19.2 Å². The summed E-state index contributed by atoms with van der Waals surface area (Å²) in [6.45, 7) is 9.13. The zero-order valence-corrected chi connectivity index (χ0v) is 21.8. The molecule has 1 amide bonds. The number of carbonyl (C=O) groups excluding carboxylic acids is 1. The third-order valence-corrected chi connectivity index (χ3v) is 10.7. The Hall–Kier alpha value is -2.06. The van der Waals surface area contributed by atoms with Crippen LogP contribution in [0.1, 0.15) is 65.4 Å². The molecule has 8 heteroatoms. The molecule has 1 aromatic rings. The quantitative estimate of drug-likeness (QED) is 0.537. The first-order valence-electron chi connectivity index (χ1n) is 13.6. The van der Waals surface area contributed by atoms with Gasteiger partial charge in [0.2, 0.25) is 0 Å². The molecule has 6 fully saturated rings. The molecule has 36 heavy (non-hydrogen) atoms. The topological polar surface area (TPSA) is 85.3 Å². The number of nitrogens with zero attached hydrogens (tertiary/aromatic N) is 1. The van der Waals surface area contributed by atoms with Crippen molar-refractivity contribution in [1.29, 1.82) is 0 Å². The Morgan fingerprint density at radius 1 is 1.14 bits per heavy atom. The van der Waals surface area contributed by atoms with Gasteiger partial charge in [0.15, 0.2) is 0 Å². The maximum absolute atomic E-state index is 13.0. The van der Waals surface area contributed by atoms with E-state index in [1.54, 1.807) is 0 Å². The fourth-order valence-electron chi connectivity index (χ4n) is 8.39. The summed E-state index contributed by atoms with van der Waals surface area (Å²) >= 11 is 0. The average molecular weight is 495 g/mol. The fourth-order valence-corrected chi connectivity index (χ4v) is 8.39. The highest BCUT2D eigenvalue weighted by Crippen LogP contribution is 2.66. The van der Waals surface area contributed by atoms with Crippen LogP contribution in [0.5, 0.6) is 0 Å². The number of rotatable bonds is 7. The van der Waals surface area contributed by atoms with Crippen LogP contribution in [-0.2, 0) is 25.4 Å². The number of carbonyl (C=O) groups is 2. The molecule has 7 rings (SSSR count). The van der Waals surface area contributed by atoms with Crippen LogP contribution in [0.15, 0.2) is 30.3 Å². The van der Waals surface area contributed by atoms with E-state index in [2.05, 4.69) is 20.8 Å². The van der Waals surface area contributed by atoms with Gasteiger partial charge >= 0.3 is 19.2 Å². The number of aliphatic carboxylic acids is 1. The van der Waals surface area contributed by atoms with Gasteiger partial charge in [-0.1, -0.05) is 57.5 Å². The highest BCUT2D eigenvalue weighted by atomic mass is 16.7. The smallest absolute Gasteiger partial charge is 0.457 e. The van der Waals surface area contributed by atoms with Crippen LogP contribution in [0.4, 0.5) is 4.79 Å². The second-order valence-corrected chi connectivity index (χ2v) is 12.9. The summed E-state index contributed by atoms with van der Waals surface area (Å²) in [5.41, 5.74) is 0.500. The highest BCUT2D eigenvalue weighted by molar-refractivity contribution is 6.45. The van der Waals surface area contributed by atoms with Gasteiger partial charge in [-0.15, -0.1) is 0 Å². The molecule has 2 heterocycles. The highest BCUT2D eigenvalue weighted by Gasteiger charge is 2.70. The van der Waals surface area contributed by atoms with Crippen LogP contribution in [0.2, 0.25) is 6.32 Å². The molecular formula is C28H38BNO6. The number of benzene rings is 1. The molecule has 6 aliphatic rings. The van der Waals surface area contributed by atoms with Crippen LogP contribution >= 0.6 is 0 Å². The van der Waals surface area contributed by atoms with Crippen molar-refractivity contribution in [2.45, 2.75) is 96.5 Å². The Morgan fingerprint density at radius 3 is 2.58 bits per heavy atom. The number of hydrogen-bond donors (Lipinski definition) is 1. The summed E-state index contributed by atoms with van der Waals surface area (Å²) in [6, 6.07) is 8.56. The second kappa shape index (κ2) is 8.22. The Kier molecular flexibility index (Phi) is 5.55. The van der Waals surface area contributed by atoms with Crippen molar-refractivity contribution >= 4 is 19.2 Å². The second-order valence-electron chi connectivity index (χ2n) is 12.9. The average Bonchev–Trinajstić information content (AvgIpc) is 3.49. The summed E-state index contributed by atoms with van der Waals surface area (Å²) in [6.07, 6.45) is 5.06. The number of ether oxygens (including phenoxy) is 1. The molecule has 194 valence electrons. The predicted octanol–water partition coefficient (Wildman–Crippen LogP) is 5.00. The molecule has 4 aliphatic carbocycles. The van der Waals surface area contributed by atoms with Crippen LogP contribution < -0.4 is 0 Å². The van der Waals surface area contributed by atoms with Gasteiger partial charge in [-0.3, -0.25) is 4.90 Å². The molecule has 0 aromatic heterocycles. The van der Waals surface area contributed by atoms with Crippen molar-refractivity contribution in [2.75, 3.05) is 0 Å². The summed E-state index contributed by atoms with van der Waals surface area (Å²) in [5.74, 6) is 0.498. The van der Waals surface area contributed by atoms with E-state index in [4.69, 9.17) is 14.0 Å². The van der Waals surface area contributed by atoms with E-state index >= 15 is 0 Å². The molecule has 4 saturated carbocycles. The third kappa shape index (κ3) is 3.54. The summed E-state index contributed by atoms with van der Waals surface area (Å²) in [4.78, 5) is 26.9. The largest absolute Gasteiger partial charge is 0.480 e. The monoisotopic (exact) mass is 495 g/mol. The van der Waals surface area contributed by atoms with Gasteiger partial charge in [-0.25, -0.2) is 9.59 Å². The minimum atomic E-state index is -0.949. The van der Waals surface area contributed by atoms with Gasteiger partial charge in [0.1, 0.15) is 12.6 Å². The van der Waals surface area contributed by atoms with Gasteiger partial charge in [-0.2, -0.15) is 0 Å². The molecule has 3 unspecified atom stereocenters. The lowest BCUT2D eigenvalue weighted by molar-refractivity contribution is -0.199. The van der Waals surface area contributed by atoms with Gasteiger partial charge in [0.05, 0.1) is 11.7 Å². The van der Waals surface area contributed by atoms with Gasteiger partial charge in [0, 0.05) is 11.5 Å². The number of piperidine rings is 1. The van der Waals surface area contributed by atoms with Crippen molar-refractivity contribution in [3.8, 4) is 0 Å². The maximum atomic E-state index is 13.0. The number of hydrogen-bond acceptors (Lipinski definition) is 5. The van der Waals surface area contributed by atoms with E-state index in [9.17, 15) is 14.7 Å². The van der Waals surface area contributed by atoms with Crippen molar-refractivity contribution < 1.29 is 28.7 Å². The van der Waals surface area contributed by atoms with Gasteiger partial charge in [-0.05, 0) is 67.7 Å². The van der Waals surface area contributed by atoms with E-state index in [-0.39, 0.29) is 37.4 Å². The van der Waals surface area contributed by atoms with Crippen molar-refractivity contribution in [2.24, 2.45) is 28.6 Å². The molecule has 7 nitrogen and oxygen atoms in total. The van der Waals surface area contributed by atoms with Crippen molar-refractivity contribution in [1.82, 2.24) is 4.90 Å². The minimum Gasteiger partial charge on any atom is -0.480 e. The number of fused-ring (bicyclic) bond motifs is 1. The Morgan fingerprint density at radius 2 is 1.89 bits per heavy atom. The normalized spacial score (nSPS) is 41.3. The Balaban J connectivity index is 1.08. The lowest BCUT2D eigenvalue weighted by Crippen LogP contribution is -2.65. The van der Waals surface area contributed by atoms with Gasteiger partial charge in [0.25, 0.3) is 0 Å². The summed E-state index contributed by atoms with van der Waals surface area (Å²) < 4.78 is 18.5. The fraction of sp³-hybridized carbons (Fsp3) is 0.714. The zero-order chi connectivity index (χ0) is 25.5. The molecule has 8 atom stereocenters. The first kappa shape index (κ1) is 24.3. The molecule has 0 spiro atoms. The van der Waals surface area contributed by atoms with E-state index in [0.29, 0.717) is 11.3 Å². The number of carboxylic acid groups (broad SMARTS) is 1. The molecule has 2 aliphatic heterocycles. The lowest BCUT2D eigenvalue weighted by atomic mass is 9.43. The van der Waals surface area contributed by atoms with Crippen LogP contribution in [0, 0.1) is 28.6 Å². The summed E-state index contributed by atoms with van der Waals surface area (Å²) in [7, 11) is -0.231. The Bertz CT molecular complexity index is 1050. The van der Waals surface area contributed by atoms with E-state index < -0.39 is 23.5 Å². The zero-order valence-electron chi connectivity index (χ0n) is 21.8. The summed E-state index contributed by atoms with van der Waals surface area (Å²) in [5, 5.41) is 10.2. The van der Waals surface area contributed by atoms with Crippen molar-refractivity contribution in [3.63, 3.8) is 0 Å². The van der Waals surface area contributed by atoms with Crippen molar-refractivity contribution in [3.05, 3.63) is 35.9 Å². The van der Waals surface area contributed by atoms with Crippen LogP contribution in [-0.4, -0.2) is 53.0 Å². The SMILES string of the molecule is CC1(C)[C@@H]2CC3OB(CCC[C@]4(C)C5CC5N(C(=O)OCc5ccccc5)[C@@H]4C(=O)O)O[C@@]3(C)[C@H]1C2. The maximum Gasteiger partial charge on any atom is 0.457 e. The van der Waals surface area contributed by atoms with E-state index in [0.717, 1.165) is 43.5 Å². The minimum absolute atomic E-state index is 0.0471. The number of carboxylic acids is 1. The lowest BCUT2D eigenvalue weighted by Gasteiger charge is -2.64. The van der Waals surface area contributed by atoms with Crippen LogP contribution in [0.25, 0.3) is 0 Å². The Labute approximate surface area is 214 Å². The molecular weight excluding hydrogens is 457 g/mol. The third-order valence-electron chi connectivity index (χ3n) is 10.7. The first-order chi connectivity index (χ1) is 17.1. The molecule has 1 aromatic carbocycles. The number of likely N-dealkylation sites (tertiary alicyclic amines) is 1. The molecule has 2 bridgehead atoms. The van der Waals surface area contributed by atoms with E-state index in [1.807, 2.05) is 37.3 Å².